The van der Waals surface area contributed by atoms with Crippen LogP contribution in [0.25, 0.3) is 0 Å². The second-order valence-corrected chi connectivity index (χ2v) is 5.93. The van der Waals surface area contributed by atoms with E-state index in [0.717, 1.165) is 5.56 Å². The predicted octanol–water partition coefficient (Wildman–Crippen LogP) is 2.46. The van der Waals surface area contributed by atoms with E-state index < -0.39 is 29.8 Å². The quantitative estimate of drug-likeness (QED) is 0.865. The van der Waals surface area contributed by atoms with Gasteiger partial charge in [0, 0.05) is 12.1 Å². The van der Waals surface area contributed by atoms with Gasteiger partial charge in [-0.25, -0.2) is 4.39 Å². The van der Waals surface area contributed by atoms with Crippen molar-refractivity contribution in [3.8, 4) is 0 Å². The number of hydrogen-bond acceptors (Lipinski definition) is 4. The molecule has 1 aliphatic rings. The third kappa shape index (κ3) is 4.24. The van der Waals surface area contributed by atoms with Crippen LogP contribution in [-0.2, 0) is 14.4 Å². The van der Waals surface area contributed by atoms with Gasteiger partial charge in [-0.3, -0.25) is 9.59 Å². The predicted molar refractivity (Wildman–Crippen MR) is 95.1 cm³/mol. The highest BCUT2D eigenvalue weighted by molar-refractivity contribution is 6.04. The van der Waals surface area contributed by atoms with E-state index in [2.05, 4.69) is 15.8 Å². The van der Waals surface area contributed by atoms with Gasteiger partial charge in [0.15, 0.2) is 0 Å². The van der Waals surface area contributed by atoms with Gasteiger partial charge in [-0.15, -0.1) is 0 Å². The molecule has 1 heterocycles. The van der Waals surface area contributed by atoms with Gasteiger partial charge < -0.3 is 15.5 Å². The van der Waals surface area contributed by atoms with Crippen LogP contribution in [0.3, 0.4) is 0 Å². The largest absolute Gasteiger partial charge is 0.382 e. The number of amides is 2. The second-order valence-electron chi connectivity index (χ2n) is 5.93. The van der Waals surface area contributed by atoms with Gasteiger partial charge in [0.1, 0.15) is 11.9 Å². The summed E-state index contributed by atoms with van der Waals surface area (Å²) >= 11 is 0. The Morgan fingerprint density at radius 2 is 1.85 bits per heavy atom. The summed E-state index contributed by atoms with van der Waals surface area (Å²) in [5, 5.41) is 9.17. The number of anilines is 1. The fourth-order valence-corrected chi connectivity index (χ4v) is 2.47. The van der Waals surface area contributed by atoms with Crippen LogP contribution in [0, 0.1) is 5.82 Å². The zero-order chi connectivity index (χ0) is 18.5. The maximum atomic E-state index is 12.9. The van der Waals surface area contributed by atoms with Crippen molar-refractivity contribution in [1.82, 2.24) is 5.32 Å². The van der Waals surface area contributed by atoms with E-state index in [1.807, 2.05) is 30.3 Å². The first-order chi connectivity index (χ1) is 12.5. The molecule has 0 saturated carbocycles. The van der Waals surface area contributed by atoms with Crippen molar-refractivity contribution in [3.05, 3.63) is 66.0 Å². The van der Waals surface area contributed by atoms with Gasteiger partial charge in [0.25, 0.3) is 5.91 Å². The summed E-state index contributed by atoms with van der Waals surface area (Å²) in [6.45, 7) is 1.56. The van der Waals surface area contributed by atoms with Gasteiger partial charge in [-0.2, -0.15) is 0 Å². The van der Waals surface area contributed by atoms with Crippen molar-refractivity contribution in [3.63, 3.8) is 0 Å². The fourth-order valence-electron chi connectivity index (χ4n) is 2.47. The molecule has 0 aromatic heterocycles. The van der Waals surface area contributed by atoms with Crippen LogP contribution < -0.4 is 10.6 Å². The van der Waals surface area contributed by atoms with Gasteiger partial charge >= 0.3 is 0 Å². The minimum atomic E-state index is -0.781. The summed E-state index contributed by atoms with van der Waals surface area (Å²) in [4.78, 5) is 29.6. The molecule has 134 valence electrons. The van der Waals surface area contributed by atoms with Crippen LogP contribution in [0.2, 0.25) is 0 Å². The standard InChI is InChI=1S/C19H18FN3O3/c1-12(18(24)22-15-9-7-14(20)8-10-15)21-19(25)17-11-16(23-26-17)13-5-3-2-4-6-13/h2-10,12,17H,11H2,1H3,(H,21,25)(H,22,24)/t12-,17-/m1/s1. The molecule has 2 N–H and O–H groups in total. The Balaban J connectivity index is 1.51. The molecule has 0 fully saturated rings. The summed E-state index contributed by atoms with van der Waals surface area (Å²) < 4.78 is 12.9. The lowest BCUT2D eigenvalue weighted by Gasteiger charge is -2.16. The molecule has 3 rings (SSSR count). The van der Waals surface area contributed by atoms with Crippen molar-refractivity contribution in [1.29, 1.82) is 0 Å². The molecule has 26 heavy (non-hydrogen) atoms. The van der Waals surface area contributed by atoms with Crippen molar-refractivity contribution in [2.75, 3.05) is 5.32 Å². The molecule has 1 aliphatic heterocycles. The molecule has 2 atom stereocenters. The molecule has 0 spiro atoms. The zero-order valence-corrected chi connectivity index (χ0v) is 14.1. The van der Waals surface area contributed by atoms with E-state index in [1.54, 1.807) is 6.92 Å². The lowest BCUT2D eigenvalue weighted by Crippen LogP contribution is -2.46. The maximum absolute atomic E-state index is 12.9. The Bertz CT molecular complexity index is 822. The normalized spacial score (nSPS) is 17.0. The van der Waals surface area contributed by atoms with Crippen LogP contribution in [0.1, 0.15) is 18.9 Å². The molecular weight excluding hydrogens is 337 g/mol. The van der Waals surface area contributed by atoms with Crippen molar-refractivity contribution in [2.45, 2.75) is 25.5 Å². The third-order valence-electron chi connectivity index (χ3n) is 3.93. The monoisotopic (exact) mass is 355 g/mol. The fraction of sp³-hybridized carbons (Fsp3) is 0.211. The molecule has 0 bridgehead atoms. The second kappa shape index (κ2) is 7.77. The highest BCUT2D eigenvalue weighted by Gasteiger charge is 2.30. The lowest BCUT2D eigenvalue weighted by molar-refractivity contribution is -0.134. The third-order valence-corrected chi connectivity index (χ3v) is 3.93. The van der Waals surface area contributed by atoms with E-state index >= 15 is 0 Å². The minimum absolute atomic E-state index is 0.335. The van der Waals surface area contributed by atoms with Crippen LogP contribution in [0.5, 0.6) is 0 Å². The Hall–Kier alpha value is -3.22. The summed E-state index contributed by atoms with van der Waals surface area (Å²) in [6.07, 6.45) is -0.437. The van der Waals surface area contributed by atoms with E-state index in [1.165, 1.54) is 24.3 Å². The van der Waals surface area contributed by atoms with Crippen LogP contribution in [-0.4, -0.2) is 29.7 Å². The summed E-state index contributed by atoms with van der Waals surface area (Å²) in [5.74, 6) is -1.22. The topological polar surface area (TPSA) is 79.8 Å². The van der Waals surface area contributed by atoms with Gasteiger partial charge in [-0.05, 0) is 36.8 Å². The number of nitrogens with one attached hydrogen (secondary N) is 2. The van der Waals surface area contributed by atoms with Crippen molar-refractivity contribution < 1.29 is 18.8 Å². The Kier molecular flexibility index (Phi) is 5.26. The highest BCUT2D eigenvalue weighted by Crippen LogP contribution is 2.17. The first-order valence-corrected chi connectivity index (χ1v) is 8.18. The number of oxime groups is 1. The molecule has 2 aromatic carbocycles. The Morgan fingerprint density at radius 1 is 1.15 bits per heavy atom. The first-order valence-electron chi connectivity index (χ1n) is 8.18. The number of benzene rings is 2. The Morgan fingerprint density at radius 3 is 2.54 bits per heavy atom. The number of hydrogen-bond donors (Lipinski definition) is 2. The number of rotatable bonds is 5. The molecule has 2 amide bonds. The van der Waals surface area contributed by atoms with E-state index in [4.69, 9.17) is 4.84 Å². The summed E-state index contributed by atoms with van der Waals surface area (Å²) in [6, 6.07) is 14.0. The molecule has 6 nitrogen and oxygen atoms in total. The van der Waals surface area contributed by atoms with E-state index in [-0.39, 0.29) is 0 Å². The van der Waals surface area contributed by atoms with Gasteiger partial charge in [0.05, 0.1) is 5.71 Å². The number of carbonyl (C=O) groups is 2. The maximum Gasteiger partial charge on any atom is 0.264 e. The summed E-state index contributed by atoms with van der Waals surface area (Å²) in [7, 11) is 0. The lowest BCUT2D eigenvalue weighted by atomic mass is 10.0. The molecule has 7 heteroatoms. The minimum Gasteiger partial charge on any atom is -0.382 e. The van der Waals surface area contributed by atoms with Gasteiger partial charge in [0.2, 0.25) is 12.0 Å². The molecule has 0 aliphatic carbocycles. The summed E-state index contributed by atoms with van der Waals surface area (Å²) in [5.41, 5.74) is 2.03. The average molecular weight is 355 g/mol. The smallest absolute Gasteiger partial charge is 0.264 e. The number of halogens is 1. The number of nitrogens with zero attached hydrogens (tertiary/aromatic N) is 1. The molecule has 0 saturated heterocycles. The van der Waals surface area contributed by atoms with Crippen molar-refractivity contribution >= 4 is 23.2 Å². The van der Waals surface area contributed by atoms with Crippen LogP contribution in [0.4, 0.5) is 10.1 Å². The van der Waals surface area contributed by atoms with E-state index in [0.29, 0.717) is 17.8 Å². The molecule has 2 aromatic rings. The molecule has 0 unspecified atom stereocenters. The van der Waals surface area contributed by atoms with Crippen LogP contribution in [0.15, 0.2) is 59.8 Å². The average Bonchev–Trinajstić information content (AvgIpc) is 3.14. The molecule has 0 radical (unpaired) electrons. The van der Waals surface area contributed by atoms with Crippen molar-refractivity contribution in [2.24, 2.45) is 5.16 Å². The first kappa shape index (κ1) is 17.6. The zero-order valence-electron chi connectivity index (χ0n) is 14.1. The highest BCUT2D eigenvalue weighted by atomic mass is 19.1. The SMILES string of the molecule is C[C@@H](NC(=O)[C@H]1CC(c2ccccc2)=NO1)C(=O)Nc1ccc(F)cc1. The number of carbonyl (C=O) groups excluding carboxylic acids is 2. The Labute approximate surface area is 150 Å². The molecular formula is C19H18FN3O3. The van der Waals surface area contributed by atoms with E-state index in [9.17, 15) is 14.0 Å². The van der Waals surface area contributed by atoms with Crippen LogP contribution >= 0.6 is 0 Å². The van der Waals surface area contributed by atoms with Gasteiger partial charge in [-0.1, -0.05) is 35.5 Å².